The highest BCUT2D eigenvalue weighted by molar-refractivity contribution is 5.73. The van der Waals surface area contributed by atoms with Gasteiger partial charge in [0.25, 0.3) is 0 Å². The van der Waals surface area contributed by atoms with E-state index in [4.69, 9.17) is 18.9 Å². The first kappa shape index (κ1) is 27.1. The number of carbonyl (C=O) groups is 1. The maximum Gasteiger partial charge on any atom is 0.333 e. The lowest BCUT2D eigenvalue weighted by atomic mass is 9.86. The van der Waals surface area contributed by atoms with E-state index < -0.39 is 12.1 Å². The molecule has 0 fully saturated rings. The predicted octanol–water partition coefficient (Wildman–Crippen LogP) is 6.15. The molecule has 0 aliphatic heterocycles. The first-order chi connectivity index (χ1) is 17.2. The van der Waals surface area contributed by atoms with Gasteiger partial charge in [-0.3, -0.25) is 0 Å². The van der Waals surface area contributed by atoms with Gasteiger partial charge >= 0.3 is 5.97 Å². The number of ether oxygens (including phenoxy) is 4. The van der Waals surface area contributed by atoms with Crippen molar-refractivity contribution in [1.82, 2.24) is 0 Å². The summed E-state index contributed by atoms with van der Waals surface area (Å²) in [6.45, 7) is 7.66. The van der Waals surface area contributed by atoms with E-state index in [1.165, 1.54) is 18.2 Å². The van der Waals surface area contributed by atoms with Gasteiger partial charge in [0.2, 0.25) is 0 Å². The fourth-order valence-corrected chi connectivity index (χ4v) is 3.80. The lowest BCUT2D eigenvalue weighted by molar-refractivity contribution is -0.148. The molecule has 6 nitrogen and oxygen atoms in total. The highest BCUT2D eigenvalue weighted by atomic mass is 16.5. The van der Waals surface area contributed by atoms with Crippen LogP contribution in [0.25, 0.3) is 11.1 Å². The number of benzene rings is 3. The topological polar surface area (TPSA) is 74.2 Å². The van der Waals surface area contributed by atoms with E-state index >= 15 is 0 Å². The van der Waals surface area contributed by atoms with E-state index in [9.17, 15) is 9.90 Å². The summed E-state index contributed by atoms with van der Waals surface area (Å²) in [4.78, 5) is 11.2. The van der Waals surface area contributed by atoms with Crippen LogP contribution in [0.2, 0.25) is 0 Å². The van der Waals surface area contributed by atoms with Crippen molar-refractivity contribution in [3.8, 4) is 28.4 Å². The SMILES string of the molecule is COc1cc(OCCCOc2ccc(-c3ccc(C(C)(C)C)cc3)cc2)ccc1C[C@H](OC)C(=O)O. The zero-order valence-corrected chi connectivity index (χ0v) is 21.7. The highest BCUT2D eigenvalue weighted by Crippen LogP contribution is 2.28. The molecule has 0 bridgehead atoms. The Kier molecular flexibility index (Phi) is 9.37. The molecule has 0 aliphatic rings. The van der Waals surface area contributed by atoms with Crippen LogP contribution in [-0.4, -0.2) is 44.6 Å². The molecular weight excluding hydrogens is 456 g/mol. The lowest BCUT2D eigenvalue weighted by Gasteiger charge is -2.19. The monoisotopic (exact) mass is 492 g/mol. The molecule has 0 unspecified atom stereocenters. The predicted molar refractivity (Wildman–Crippen MR) is 141 cm³/mol. The first-order valence-corrected chi connectivity index (χ1v) is 12.1. The largest absolute Gasteiger partial charge is 0.496 e. The molecule has 1 N–H and O–H groups in total. The van der Waals surface area contributed by atoms with Crippen LogP contribution in [0.5, 0.6) is 17.2 Å². The fourth-order valence-electron chi connectivity index (χ4n) is 3.80. The molecule has 0 aromatic heterocycles. The average Bonchev–Trinajstić information content (AvgIpc) is 2.87. The van der Waals surface area contributed by atoms with E-state index in [1.807, 2.05) is 12.1 Å². The summed E-state index contributed by atoms with van der Waals surface area (Å²) >= 11 is 0. The van der Waals surface area contributed by atoms with Crippen LogP contribution in [0.3, 0.4) is 0 Å². The second-order valence-corrected chi connectivity index (χ2v) is 9.64. The molecule has 3 aromatic carbocycles. The molecule has 0 aliphatic carbocycles. The maximum atomic E-state index is 11.2. The van der Waals surface area contributed by atoms with Gasteiger partial charge in [0.1, 0.15) is 17.2 Å². The molecule has 0 spiro atoms. The summed E-state index contributed by atoms with van der Waals surface area (Å²) in [5.41, 5.74) is 4.55. The second-order valence-electron chi connectivity index (χ2n) is 9.64. The van der Waals surface area contributed by atoms with E-state index in [0.29, 0.717) is 31.1 Å². The summed E-state index contributed by atoms with van der Waals surface area (Å²) in [6.07, 6.45) is 0.000494. The lowest BCUT2D eigenvalue weighted by Crippen LogP contribution is -2.25. The van der Waals surface area contributed by atoms with Gasteiger partial charge in [0, 0.05) is 26.0 Å². The van der Waals surface area contributed by atoms with E-state index in [-0.39, 0.29) is 11.8 Å². The Morgan fingerprint density at radius 1 is 0.833 bits per heavy atom. The van der Waals surface area contributed by atoms with Gasteiger partial charge < -0.3 is 24.1 Å². The minimum absolute atomic E-state index is 0.144. The number of hydrogen-bond acceptors (Lipinski definition) is 5. The molecule has 6 heteroatoms. The van der Waals surface area contributed by atoms with Gasteiger partial charge in [0.15, 0.2) is 6.10 Å². The zero-order valence-electron chi connectivity index (χ0n) is 21.7. The number of carboxylic acid groups (broad SMARTS) is 1. The van der Waals surface area contributed by atoms with Gasteiger partial charge in [-0.25, -0.2) is 4.79 Å². The number of methoxy groups -OCH3 is 2. The van der Waals surface area contributed by atoms with Crippen molar-refractivity contribution < 1.29 is 28.8 Å². The summed E-state index contributed by atoms with van der Waals surface area (Å²) in [6, 6.07) is 22.2. The smallest absolute Gasteiger partial charge is 0.333 e. The number of rotatable bonds is 12. The number of aliphatic carboxylic acids is 1. The van der Waals surface area contributed by atoms with E-state index in [2.05, 4.69) is 57.2 Å². The summed E-state index contributed by atoms with van der Waals surface area (Å²) in [5, 5.41) is 9.20. The third-order valence-electron chi connectivity index (χ3n) is 5.99. The molecule has 1 atom stereocenters. The second kappa shape index (κ2) is 12.5. The molecule has 192 valence electrons. The molecule has 3 aromatic rings. The number of hydrogen-bond donors (Lipinski definition) is 1. The Labute approximate surface area is 213 Å². The zero-order chi connectivity index (χ0) is 26.1. The van der Waals surface area contributed by atoms with Gasteiger partial charge in [-0.05, 0) is 45.9 Å². The standard InChI is InChI=1S/C30H36O6/c1-30(2,3)24-12-7-21(8-13-24)22-9-14-25(15-10-22)35-17-6-18-36-26-16-11-23(27(20-26)33-4)19-28(34-5)29(31)32/h7-16,20,28H,6,17-19H2,1-5H3,(H,31,32)/t28-/m0/s1. The van der Waals surface area contributed by atoms with E-state index in [0.717, 1.165) is 16.9 Å². The molecule has 0 amide bonds. The maximum absolute atomic E-state index is 11.2. The van der Waals surface area contributed by atoms with Crippen molar-refractivity contribution >= 4 is 5.97 Å². The summed E-state index contributed by atoms with van der Waals surface area (Å²) < 4.78 is 22.1. The van der Waals surface area contributed by atoms with Crippen LogP contribution >= 0.6 is 0 Å². The molecule has 0 radical (unpaired) electrons. The van der Waals surface area contributed by atoms with Crippen molar-refractivity contribution in [3.05, 3.63) is 77.9 Å². The van der Waals surface area contributed by atoms with Crippen molar-refractivity contribution in [2.75, 3.05) is 27.4 Å². The molecule has 0 saturated carbocycles. The Balaban J connectivity index is 1.46. The van der Waals surface area contributed by atoms with Crippen LogP contribution in [0.4, 0.5) is 0 Å². The number of carboxylic acids is 1. The quantitative estimate of drug-likeness (QED) is 0.306. The van der Waals surface area contributed by atoms with Crippen LogP contribution in [-0.2, 0) is 21.4 Å². The van der Waals surface area contributed by atoms with Crippen LogP contribution < -0.4 is 14.2 Å². The third-order valence-corrected chi connectivity index (χ3v) is 5.99. The summed E-state index contributed by atoms with van der Waals surface area (Å²) in [7, 11) is 2.93. The van der Waals surface area contributed by atoms with Gasteiger partial charge in [-0.1, -0.05) is 63.2 Å². The van der Waals surface area contributed by atoms with Crippen molar-refractivity contribution in [2.24, 2.45) is 0 Å². The highest BCUT2D eigenvalue weighted by Gasteiger charge is 2.19. The van der Waals surface area contributed by atoms with E-state index in [1.54, 1.807) is 25.3 Å². The van der Waals surface area contributed by atoms with Gasteiger partial charge in [-0.2, -0.15) is 0 Å². The first-order valence-electron chi connectivity index (χ1n) is 12.1. The van der Waals surface area contributed by atoms with Crippen LogP contribution in [0.1, 0.15) is 38.3 Å². The summed E-state index contributed by atoms with van der Waals surface area (Å²) in [5.74, 6) is 1.04. The minimum atomic E-state index is -1.01. The van der Waals surface area contributed by atoms with Crippen molar-refractivity contribution in [2.45, 2.75) is 45.1 Å². The minimum Gasteiger partial charge on any atom is -0.496 e. The van der Waals surface area contributed by atoms with Crippen molar-refractivity contribution in [1.29, 1.82) is 0 Å². The molecule has 0 saturated heterocycles. The van der Waals surface area contributed by atoms with Gasteiger partial charge in [-0.15, -0.1) is 0 Å². The Morgan fingerprint density at radius 3 is 1.92 bits per heavy atom. The molecule has 36 heavy (non-hydrogen) atoms. The van der Waals surface area contributed by atoms with Crippen LogP contribution in [0.15, 0.2) is 66.7 Å². The fraction of sp³-hybridized carbons (Fsp3) is 0.367. The van der Waals surface area contributed by atoms with Crippen molar-refractivity contribution in [3.63, 3.8) is 0 Å². The molecule has 3 rings (SSSR count). The Hall–Kier alpha value is -3.51. The Bertz CT molecular complexity index is 1110. The van der Waals surface area contributed by atoms with Gasteiger partial charge in [0.05, 0.1) is 20.3 Å². The Morgan fingerprint density at radius 2 is 1.39 bits per heavy atom. The average molecular weight is 493 g/mol. The molecular formula is C30H36O6. The van der Waals surface area contributed by atoms with Crippen LogP contribution in [0, 0.1) is 0 Å². The third kappa shape index (κ3) is 7.49. The normalized spacial score (nSPS) is 12.1. The molecule has 0 heterocycles.